The van der Waals surface area contributed by atoms with Crippen molar-refractivity contribution in [3.8, 4) is 0 Å². The zero-order valence-electron chi connectivity index (χ0n) is 12.3. The Hall–Kier alpha value is -0.570. The molecular weight excluding hydrogens is 270 g/mol. The standard InChI is InChI=1S/C16H24ClN3/c1-2-20-14(18-19-15(20)10-17)9-16-6-11-3-12(7-16)5-13(4-11)8-16/h11-13H,2-10H2,1H3. The van der Waals surface area contributed by atoms with Gasteiger partial charge in [0.2, 0.25) is 0 Å². The van der Waals surface area contributed by atoms with Gasteiger partial charge in [-0.25, -0.2) is 0 Å². The third-order valence-corrected chi connectivity index (χ3v) is 6.28. The van der Waals surface area contributed by atoms with Crippen LogP contribution < -0.4 is 0 Å². The normalized spacial score (nSPS) is 38.6. The Morgan fingerprint density at radius 3 is 2.10 bits per heavy atom. The van der Waals surface area contributed by atoms with Gasteiger partial charge in [-0.3, -0.25) is 0 Å². The largest absolute Gasteiger partial charge is 0.314 e. The second-order valence-electron chi connectivity index (χ2n) is 7.50. The lowest BCUT2D eigenvalue weighted by Gasteiger charge is -2.56. The number of aromatic nitrogens is 3. The van der Waals surface area contributed by atoms with Gasteiger partial charge in [0, 0.05) is 13.0 Å². The predicted molar refractivity (Wildman–Crippen MR) is 79.6 cm³/mol. The van der Waals surface area contributed by atoms with Crippen LogP contribution in [-0.2, 0) is 18.8 Å². The van der Waals surface area contributed by atoms with Gasteiger partial charge in [0.25, 0.3) is 0 Å². The molecule has 0 amide bonds. The Morgan fingerprint density at radius 2 is 1.60 bits per heavy atom. The minimum absolute atomic E-state index is 0.474. The van der Waals surface area contributed by atoms with Crippen LogP contribution in [0.25, 0.3) is 0 Å². The fraction of sp³-hybridized carbons (Fsp3) is 0.875. The molecule has 5 rings (SSSR count). The van der Waals surface area contributed by atoms with Crippen LogP contribution in [0.3, 0.4) is 0 Å². The highest BCUT2D eigenvalue weighted by molar-refractivity contribution is 6.16. The van der Waals surface area contributed by atoms with E-state index in [1.165, 1.54) is 44.3 Å². The number of hydrogen-bond acceptors (Lipinski definition) is 2. The molecule has 4 aliphatic carbocycles. The number of hydrogen-bond donors (Lipinski definition) is 0. The smallest absolute Gasteiger partial charge is 0.147 e. The van der Waals surface area contributed by atoms with E-state index >= 15 is 0 Å². The summed E-state index contributed by atoms with van der Waals surface area (Å²) in [6.45, 7) is 3.11. The van der Waals surface area contributed by atoms with E-state index < -0.39 is 0 Å². The average Bonchev–Trinajstić information content (AvgIpc) is 2.78. The van der Waals surface area contributed by atoms with Gasteiger partial charge < -0.3 is 4.57 Å². The molecule has 1 aromatic rings. The zero-order chi connectivity index (χ0) is 13.7. The first-order valence-corrected chi connectivity index (χ1v) is 8.72. The molecule has 0 aromatic carbocycles. The second kappa shape index (κ2) is 4.72. The molecule has 4 heteroatoms. The maximum absolute atomic E-state index is 5.98. The number of alkyl halides is 1. The third kappa shape index (κ3) is 2.01. The van der Waals surface area contributed by atoms with Crippen molar-refractivity contribution >= 4 is 11.6 Å². The van der Waals surface area contributed by atoms with Gasteiger partial charge in [0.05, 0.1) is 5.88 Å². The van der Waals surface area contributed by atoms with Crippen LogP contribution in [0.15, 0.2) is 0 Å². The van der Waals surface area contributed by atoms with E-state index in [4.69, 9.17) is 11.6 Å². The van der Waals surface area contributed by atoms with Crippen molar-refractivity contribution in [1.29, 1.82) is 0 Å². The molecule has 0 unspecified atom stereocenters. The van der Waals surface area contributed by atoms with Gasteiger partial charge in [0.1, 0.15) is 11.6 Å². The zero-order valence-corrected chi connectivity index (χ0v) is 13.1. The Bertz CT molecular complexity index is 473. The average molecular weight is 294 g/mol. The SMILES string of the molecule is CCn1c(CCl)nnc1CC12CC3CC(CC(C3)C1)C2. The molecule has 0 aliphatic heterocycles. The maximum Gasteiger partial charge on any atom is 0.147 e. The van der Waals surface area contributed by atoms with E-state index in [0.29, 0.717) is 11.3 Å². The van der Waals surface area contributed by atoms with E-state index in [1.807, 2.05) is 0 Å². The minimum atomic E-state index is 0.474. The first-order chi connectivity index (χ1) is 9.71. The van der Waals surface area contributed by atoms with Crippen LogP contribution in [0.5, 0.6) is 0 Å². The van der Waals surface area contributed by atoms with E-state index in [-0.39, 0.29) is 0 Å². The van der Waals surface area contributed by atoms with Gasteiger partial charge in [-0.2, -0.15) is 0 Å². The van der Waals surface area contributed by atoms with Crippen LogP contribution in [-0.4, -0.2) is 14.8 Å². The molecule has 4 aliphatic rings. The highest BCUT2D eigenvalue weighted by Gasteiger charge is 2.51. The Balaban J connectivity index is 1.61. The van der Waals surface area contributed by atoms with Gasteiger partial charge in [-0.05, 0) is 68.6 Å². The molecule has 4 saturated carbocycles. The van der Waals surface area contributed by atoms with Gasteiger partial charge >= 0.3 is 0 Å². The van der Waals surface area contributed by atoms with Gasteiger partial charge in [-0.15, -0.1) is 21.8 Å². The molecule has 0 spiro atoms. The molecule has 1 heterocycles. The molecule has 0 N–H and O–H groups in total. The second-order valence-corrected chi connectivity index (χ2v) is 7.77. The molecule has 1 aromatic heterocycles. The lowest BCUT2D eigenvalue weighted by Crippen LogP contribution is -2.47. The van der Waals surface area contributed by atoms with E-state index in [9.17, 15) is 0 Å². The monoisotopic (exact) mass is 293 g/mol. The summed E-state index contributed by atoms with van der Waals surface area (Å²) in [6, 6.07) is 0. The van der Waals surface area contributed by atoms with Crippen molar-refractivity contribution in [2.45, 2.75) is 64.3 Å². The van der Waals surface area contributed by atoms with Crippen molar-refractivity contribution in [2.75, 3.05) is 0 Å². The molecule has 4 bridgehead atoms. The summed E-state index contributed by atoms with van der Waals surface area (Å²) < 4.78 is 2.24. The fourth-order valence-electron chi connectivity index (χ4n) is 5.81. The van der Waals surface area contributed by atoms with E-state index in [1.54, 1.807) is 0 Å². The fourth-order valence-corrected chi connectivity index (χ4v) is 6.01. The first-order valence-electron chi connectivity index (χ1n) is 8.18. The van der Waals surface area contributed by atoms with Crippen LogP contribution >= 0.6 is 11.6 Å². The third-order valence-electron chi connectivity index (χ3n) is 6.04. The first kappa shape index (κ1) is 13.1. The topological polar surface area (TPSA) is 30.7 Å². The molecule has 4 fully saturated rings. The summed E-state index contributed by atoms with van der Waals surface area (Å²) in [6.07, 6.45) is 9.96. The lowest BCUT2D eigenvalue weighted by molar-refractivity contribution is -0.0535. The molecule has 0 atom stereocenters. The van der Waals surface area contributed by atoms with Crippen molar-refractivity contribution in [3.63, 3.8) is 0 Å². The highest BCUT2D eigenvalue weighted by Crippen LogP contribution is 2.60. The Labute approximate surface area is 126 Å². The Kier molecular flexibility index (Phi) is 3.10. The van der Waals surface area contributed by atoms with Crippen LogP contribution in [0, 0.1) is 23.2 Å². The van der Waals surface area contributed by atoms with E-state index in [0.717, 1.165) is 36.5 Å². The summed E-state index contributed by atoms with van der Waals surface area (Å²) in [7, 11) is 0. The van der Waals surface area contributed by atoms with Crippen molar-refractivity contribution in [3.05, 3.63) is 11.6 Å². The van der Waals surface area contributed by atoms with E-state index in [2.05, 4.69) is 21.7 Å². The van der Waals surface area contributed by atoms with Crippen molar-refractivity contribution in [1.82, 2.24) is 14.8 Å². The molecule has 3 nitrogen and oxygen atoms in total. The minimum Gasteiger partial charge on any atom is -0.314 e. The number of nitrogens with zero attached hydrogens (tertiary/aromatic N) is 3. The summed E-state index contributed by atoms with van der Waals surface area (Å²) in [5.74, 6) is 5.62. The molecular formula is C16H24ClN3. The number of halogens is 1. The van der Waals surface area contributed by atoms with Crippen LogP contribution in [0.2, 0.25) is 0 Å². The maximum atomic E-state index is 5.98. The summed E-state index contributed by atoms with van der Waals surface area (Å²) in [5.41, 5.74) is 0.540. The Morgan fingerprint density at radius 1 is 1.05 bits per heavy atom. The molecule has 0 radical (unpaired) electrons. The van der Waals surface area contributed by atoms with Crippen molar-refractivity contribution < 1.29 is 0 Å². The lowest BCUT2D eigenvalue weighted by atomic mass is 9.49. The number of rotatable bonds is 4. The van der Waals surface area contributed by atoms with Crippen LogP contribution in [0.1, 0.15) is 57.1 Å². The predicted octanol–water partition coefficient (Wildman–Crippen LogP) is 3.80. The van der Waals surface area contributed by atoms with Crippen LogP contribution in [0.4, 0.5) is 0 Å². The van der Waals surface area contributed by atoms with Crippen molar-refractivity contribution in [2.24, 2.45) is 23.2 Å². The van der Waals surface area contributed by atoms with Gasteiger partial charge in [0.15, 0.2) is 0 Å². The van der Waals surface area contributed by atoms with Gasteiger partial charge in [-0.1, -0.05) is 0 Å². The highest BCUT2D eigenvalue weighted by atomic mass is 35.5. The molecule has 20 heavy (non-hydrogen) atoms. The summed E-state index contributed by atoms with van der Waals surface area (Å²) in [5, 5.41) is 8.75. The quantitative estimate of drug-likeness (QED) is 0.791. The summed E-state index contributed by atoms with van der Waals surface area (Å²) in [4.78, 5) is 0. The molecule has 110 valence electrons. The molecule has 0 saturated heterocycles. The summed E-state index contributed by atoms with van der Waals surface area (Å²) >= 11 is 5.98.